The second-order valence-electron chi connectivity index (χ2n) is 5.18. The third kappa shape index (κ3) is 4.14. The smallest absolute Gasteiger partial charge is 0.262 e. The van der Waals surface area contributed by atoms with Crippen molar-refractivity contribution in [1.29, 1.82) is 5.26 Å². The number of ether oxygens (including phenoxy) is 1. The van der Waals surface area contributed by atoms with Gasteiger partial charge < -0.3 is 10.1 Å². The standard InChI is InChI=1S/C15H19ClN2O2/c1-10(2)15(4,9-17)18-14(19)11(3)20-13-7-5-6-12(16)8-13/h5-8,10-11H,1-4H3,(H,18,19). The second kappa shape index (κ2) is 6.62. The first kappa shape index (κ1) is 16.3. The molecule has 4 nitrogen and oxygen atoms in total. The van der Waals surface area contributed by atoms with Crippen LogP contribution in [-0.4, -0.2) is 17.6 Å². The number of nitriles is 1. The molecule has 5 heteroatoms. The summed E-state index contributed by atoms with van der Waals surface area (Å²) in [6.07, 6.45) is -0.708. The molecule has 20 heavy (non-hydrogen) atoms. The minimum Gasteiger partial charge on any atom is -0.481 e. The van der Waals surface area contributed by atoms with E-state index in [0.717, 1.165) is 0 Å². The molecule has 0 aliphatic carbocycles. The highest BCUT2D eigenvalue weighted by Crippen LogP contribution is 2.19. The van der Waals surface area contributed by atoms with Gasteiger partial charge in [-0.15, -0.1) is 0 Å². The van der Waals surface area contributed by atoms with Gasteiger partial charge in [-0.05, 0) is 38.0 Å². The van der Waals surface area contributed by atoms with Crippen LogP contribution in [0.2, 0.25) is 5.02 Å². The van der Waals surface area contributed by atoms with E-state index < -0.39 is 11.6 Å². The van der Waals surface area contributed by atoms with Gasteiger partial charge in [0.15, 0.2) is 6.10 Å². The Morgan fingerprint density at radius 2 is 2.10 bits per heavy atom. The maximum Gasteiger partial charge on any atom is 0.262 e. The van der Waals surface area contributed by atoms with Crippen LogP contribution in [0.3, 0.4) is 0 Å². The highest BCUT2D eigenvalue weighted by atomic mass is 35.5. The number of halogens is 1. The summed E-state index contributed by atoms with van der Waals surface area (Å²) in [5, 5.41) is 12.4. The molecule has 0 aliphatic rings. The Bertz CT molecular complexity index is 525. The van der Waals surface area contributed by atoms with Gasteiger partial charge in [0, 0.05) is 5.02 Å². The maximum absolute atomic E-state index is 12.1. The second-order valence-corrected chi connectivity index (χ2v) is 5.61. The third-order valence-electron chi connectivity index (χ3n) is 3.25. The molecule has 0 bridgehead atoms. The molecule has 1 aromatic carbocycles. The summed E-state index contributed by atoms with van der Waals surface area (Å²) in [5.74, 6) is 0.181. The van der Waals surface area contributed by atoms with Crippen LogP contribution in [0.25, 0.3) is 0 Å². The van der Waals surface area contributed by atoms with E-state index >= 15 is 0 Å². The first-order valence-corrected chi connectivity index (χ1v) is 6.82. The Labute approximate surface area is 124 Å². The van der Waals surface area contributed by atoms with Gasteiger partial charge in [-0.25, -0.2) is 0 Å². The monoisotopic (exact) mass is 294 g/mol. The van der Waals surface area contributed by atoms with Gasteiger partial charge in [-0.1, -0.05) is 31.5 Å². The van der Waals surface area contributed by atoms with Crippen molar-refractivity contribution in [3.05, 3.63) is 29.3 Å². The molecule has 0 aromatic heterocycles. The Morgan fingerprint density at radius 3 is 2.60 bits per heavy atom. The van der Waals surface area contributed by atoms with Crippen molar-refractivity contribution in [1.82, 2.24) is 5.32 Å². The van der Waals surface area contributed by atoms with Crippen molar-refractivity contribution in [2.45, 2.75) is 39.3 Å². The summed E-state index contributed by atoms with van der Waals surface area (Å²) in [7, 11) is 0. The zero-order chi connectivity index (χ0) is 15.3. The summed E-state index contributed by atoms with van der Waals surface area (Å²) < 4.78 is 5.52. The summed E-state index contributed by atoms with van der Waals surface area (Å²) in [6, 6.07) is 8.96. The van der Waals surface area contributed by atoms with E-state index in [1.165, 1.54) is 0 Å². The molecule has 108 valence electrons. The maximum atomic E-state index is 12.1. The highest BCUT2D eigenvalue weighted by Gasteiger charge is 2.32. The van der Waals surface area contributed by atoms with Crippen LogP contribution >= 0.6 is 11.6 Å². The van der Waals surface area contributed by atoms with Crippen molar-refractivity contribution in [3.63, 3.8) is 0 Å². The zero-order valence-electron chi connectivity index (χ0n) is 12.1. The molecule has 0 spiro atoms. The molecule has 0 heterocycles. The normalized spacial score (nSPS) is 15.1. The average molecular weight is 295 g/mol. The summed E-state index contributed by atoms with van der Waals surface area (Å²) in [6.45, 7) is 7.09. The fourth-order valence-electron chi connectivity index (χ4n) is 1.46. The molecule has 1 amide bonds. The Balaban J connectivity index is 2.71. The van der Waals surface area contributed by atoms with Crippen LogP contribution in [-0.2, 0) is 4.79 Å². The first-order chi connectivity index (χ1) is 9.28. The molecular formula is C15H19ClN2O2. The number of nitrogens with zero attached hydrogens (tertiary/aromatic N) is 1. The average Bonchev–Trinajstić information content (AvgIpc) is 2.38. The van der Waals surface area contributed by atoms with E-state index in [4.69, 9.17) is 16.3 Å². The van der Waals surface area contributed by atoms with Crippen molar-refractivity contribution in [3.8, 4) is 11.8 Å². The van der Waals surface area contributed by atoms with Gasteiger partial charge in [0.2, 0.25) is 0 Å². The molecule has 1 aromatic rings. The van der Waals surface area contributed by atoms with Gasteiger partial charge in [-0.3, -0.25) is 4.79 Å². The quantitative estimate of drug-likeness (QED) is 0.907. The van der Waals surface area contributed by atoms with Gasteiger partial charge in [0.25, 0.3) is 5.91 Å². The predicted octanol–water partition coefficient (Wildman–Crippen LogP) is 3.16. The first-order valence-electron chi connectivity index (χ1n) is 6.44. The van der Waals surface area contributed by atoms with Crippen LogP contribution in [0, 0.1) is 17.2 Å². The van der Waals surface area contributed by atoms with Crippen LogP contribution in [0.4, 0.5) is 0 Å². The number of carbonyl (C=O) groups is 1. The molecule has 2 unspecified atom stereocenters. The zero-order valence-corrected chi connectivity index (χ0v) is 12.9. The molecule has 0 saturated heterocycles. The fourth-order valence-corrected chi connectivity index (χ4v) is 1.64. The Morgan fingerprint density at radius 1 is 1.45 bits per heavy atom. The molecular weight excluding hydrogens is 276 g/mol. The van der Waals surface area contributed by atoms with Gasteiger partial charge in [0.1, 0.15) is 11.3 Å². The summed E-state index contributed by atoms with van der Waals surface area (Å²) in [5.41, 5.74) is -0.914. The van der Waals surface area contributed by atoms with Crippen LogP contribution in [0.15, 0.2) is 24.3 Å². The highest BCUT2D eigenvalue weighted by molar-refractivity contribution is 6.30. The number of amides is 1. The van der Waals surface area contributed by atoms with E-state index in [1.807, 2.05) is 13.8 Å². The van der Waals surface area contributed by atoms with Crippen molar-refractivity contribution < 1.29 is 9.53 Å². The largest absolute Gasteiger partial charge is 0.481 e. The third-order valence-corrected chi connectivity index (χ3v) is 3.48. The molecule has 0 radical (unpaired) electrons. The molecule has 0 fully saturated rings. The molecule has 0 aliphatic heterocycles. The molecule has 0 saturated carbocycles. The Hall–Kier alpha value is -1.73. The van der Waals surface area contributed by atoms with Gasteiger partial charge in [0.05, 0.1) is 6.07 Å². The van der Waals surface area contributed by atoms with E-state index in [-0.39, 0.29) is 11.8 Å². The van der Waals surface area contributed by atoms with Crippen molar-refractivity contribution in [2.24, 2.45) is 5.92 Å². The van der Waals surface area contributed by atoms with Gasteiger partial charge in [-0.2, -0.15) is 5.26 Å². The van der Waals surface area contributed by atoms with E-state index in [0.29, 0.717) is 10.8 Å². The Kier molecular flexibility index (Phi) is 5.41. The number of hydrogen-bond donors (Lipinski definition) is 1. The predicted molar refractivity (Wildman–Crippen MR) is 78.5 cm³/mol. The molecule has 1 N–H and O–H groups in total. The topological polar surface area (TPSA) is 62.1 Å². The van der Waals surface area contributed by atoms with Crippen LogP contribution < -0.4 is 10.1 Å². The lowest BCUT2D eigenvalue weighted by atomic mass is 9.90. The fraction of sp³-hybridized carbons (Fsp3) is 0.467. The van der Waals surface area contributed by atoms with Crippen molar-refractivity contribution >= 4 is 17.5 Å². The minimum absolute atomic E-state index is 0.00480. The van der Waals surface area contributed by atoms with E-state index in [9.17, 15) is 10.1 Å². The SMILES string of the molecule is CC(Oc1cccc(Cl)c1)C(=O)NC(C)(C#N)C(C)C. The summed E-state index contributed by atoms with van der Waals surface area (Å²) >= 11 is 5.85. The number of nitrogens with one attached hydrogen (secondary N) is 1. The lowest BCUT2D eigenvalue weighted by Gasteiger charge is -2.28. The van der Waals surface area contributed by atoms with Crippen molar-refractivity contribution in [2.75, 3.05) is 0 Å². The number of rotatable bonds is 5. The lowest BCUT2D eigenvalue weighted by Crippen LogP contribution is -2.52. The van der Waals surface area contributed by atoms with E-state index in [1.54, 1.807) is 38.1 Å². The lowest BCUT2D eigenvalue weighted by molar-refractivity contribution is -0.128. The molecule has 2 atom stereocenters. The molecule has 1 rings (SSSR count). The minimum atomic E-state index is -0.914. The van der Waals surface area contributed by atoms with Gasteiger partial charge >= 0.3 is 0 Å². The number of carbonyl (C=O) groups excluding carboxylic acids is 1. The summed E-state index contributed by atoms with van der Waals surface area (Å²) in [4.78, 5) is 12.1. The van der Waals surface area contributed by atoms with Crippen LogP contribution in [0.5, 0.6) is 5.75 Å². The number of hydrogen-bond acceptors (Lipinski definition) is 3. The number of benzene rings is 1. The van der Waals surface area contributed by atoms with E-state index in [2.05, 4.69) is 11.4 Å². The van der Waals surface area contributed by atoms with Crippen LogP contribution in [0.1, 0.15) is 27.7 Å².